The Morgan fingerprint density at radius 1 is 1.04 bits per heavy atom. The Hall–Kier alpha value is -2.82. The third-order valence-corrected chi connectivity index (χ3v) is 4.29. The summed E-state index contributed by atoms with van der Waals surface area (Å²) in [6.07, 6.45) is -4.63. The Morgan fingerprint density at radius 3 is 2.12 bits per heavy atom. The number of nitrogens with zero attached hydrogens (tertiary/aromatic N) is 1. The Balaban J connectivity index is 2.35. The van der Waals surface area contributed by atoms with E-state index in [0.717, 1.165) is 18.2 Å². The van der Waals surface area contributed by atoms with E-state index in [1.54, 1.807) is 0 Å². The fourth-order valence-electron chi connectivity index (χ4n) is 1.74. The van der Waals surface area contributed by atoms with Crippen molar-refractivity contribution in [3.05, 3.63) is 58.1 Å². The zero-order valence-corrected chi connectivity index (χ0v) is 12.4. The van der Waals surface area contributed by atoms with E-state index in [2.05, 4.69) is 0 Å². The zero-order chi connectivity index (χ0) is 18.1. The Morgan fingerprint density at radius 2 is 1.62 bits per heavy atom. The lowest BCUT2D eigenvalue weighted by atomic mass is 10.2. The van der Waals surface area contributed by atoms with Gasteiger partial charge in [0.15, 0.2) is 0 Å². The Labute approximate surface area is 133 Å². The number of alkyl halides is 3. The van der Waals surface area contributed by atoms with Crippen LogP contribution in [0.25, 0.3) is 0 Å². The van der Waals surface area contributed by atoms with E-state index in [1.165, 1.54) is 0 Å². The van der Waals surface area contributed by atoms with Crippen LogP contribution < -0.4 is 9.83 Å². The van der Waals surface area contributed by atoms with Gasteiger partial charge in [0.1, 0.15) is 0 Å². The van der Waals surface area contributed by atoms with Crippen molar-refractivity contribution < 1.29 is 31.6 Å². The number of nitrogens with one attached hydrogen (secondary N) is 1. The lowest BCUT2D eigenvalue weighted by Crippen LogP contribution is -2.15. The molecule has 0 radical (unpaired) electrons. The molecule has 0 spiro atoms. The predicted octanol–water partition coefficient (Wildman–Crippen LogP) is 2.49. The lowest BCUT2D eigenvalue weighted by molar-refractivity contribution is -0.385. The number of anilines is 1. The fraction of sp³-hybridized carbons (Fsp3) is 0.0769. The van der Waals surface area contributed by atoms with Gasteiger partial charge in [-0.15, -0.1) is 0 Å². The third-order valence-electron chi connectivity index (χ3n) is 2.91. The molecule has 0 aliphatic rings. The van der Waals surface area contributed by atoms with Crippen molar-refractivity contribution in [3.63, 3.8) is 0 Å². The molecule has 7 nitrogen and oxygen atoms in total. The zero-order valence-electron chi connectivity index (χ0n) is 11.6. The van der Waals surface area contributed by atoms with Crippen molar-refractivity contribution in [1.82, 2.24) is 0 Å². The summed E-state index contributed by atoms with van der Waals surface area (Å²) in [5, 5.41) is 22.2. The summed E-state index contributed by atoms with van der Waals surface area (Å²) >= 11 is 0. The summed E-state index contributed by atoms with van der Waals surface area (Å²) in [5.74, 6) is -0.823. The summed E-state index contributed by atoms with van der Waals surface area (Å²) in [5.41, 5.74) is -2.13. The van der Waals surface area contributed by atoms with Crippen LogP contribution in [-0.2, 0) is 16.2 Å². The smallest absolute Gasteiger partial charge is 0.416 e. The Kier molecular flexibility index (Phi) is 4.38. The molecule has 2 rings (SSSR count). The SMILES string of the molecule is O=[N+]([O-])c1ccc([O-])c(NS(=O)(=O)c2ccc(C(F)(F)F)cc2)c1. The number of benzene rings is 2. The second kappa shape index (κ2) is 6.00. The third kappa shape index (κ3) is 3.74. The van der Waals surface area contributed by atoms with Gasteiger partial charge in [-0.05, 0) is 24.3 Å². The van der Waals surface area contributed by atoms with Crippen LogP contribution in [0.15, 0.2) is 47.4 Å². The molecule has 0 atom stereocenters. The molecule has 1 N–H and O–H groups in total. The number of hydrogen-bond acceptors (Lipinski definition) is 5. The second-order valence-electron chi connectivity index (χ2n) is 4.57. The van der Waals surface area contributed by atoms with E-state index in [9.17, 15) is 36.8 Å². The first-order valence-electron chi connectivity index (χ1n) is 6.16. The molecule has 2 aromatic carbocycles. The predicted molar refractivity (Wildman–Crippen MR) is 74.8 cm³/mol. The van der Waals surface area contributed by atoms with Crippen LogP contribution in [-0.4, -0.2) is 13.3 Å². The largest absolute Gasteiger partial charge is 0.871 e. The van der Waals surface area contributed by atoms with E-state index in [-0.39, 0.29) is 0 Å². The maximum absolute atomic E-state index is 12.5. The second-order valence-corrected chi connectivity index (χ2v) is 6.25. The van der Waals surface area contributed by atoms with Gasteiger partial charge in [-0.25, -0.2) is 8.42 Å². The van der Waals surface area contributed by atoms with E-state index in [1.807, 2.05) is 4.72 Å². The van der Waals surface area contributed by atoms with E-state index >= 15 is 0 Å². The number of nitro groups is 1. The summed E-state index contributed by atoms with van der Waals surface area (Å²) in [6, 6.07) is 5.01. The average Bonchev–Trinajstić information content (AvgIpc) is 2.48. The van der Waals surface area contributed by atoms with Crippen molar-refractivity contribution in [2.45, 2.75) is 11.1 Å². The van der Waals surface area contributed by atoms with E-state index in [4.69, 9.17) is 0 Å². The molecule has 0 heterocycles. The first-order chi connectivity index (χ1) is 11.0. The number of rotatable bonds is 4. The summed E-state index contributed by atoms with van der Waals surface area (Å²) in [6.45, 7) is 0. The van der Waals surface area contributed by atoms with Crippen LogP contribution in [0.1, 0.15) is 5.56 Å². The van der Waals surface area contributed by atoms with Gasteiger partial charge in [-0.1, -0.05) is 11.8 Å². The van der Waals surface area contributed by atoms with Gasteiger partial charge in [0.2, 0.25) is 0 Å². The van der Waals surface area contributed by atoms with Gasteiger partial charge in [0.25, 0.3) is 15.7 Å². The molecule has 0 aliphatic heterocycles. The molecule has 0 saturated carbocycles. The molecule has 128 valence electrons. The van der Waals surface area contributed by atoms with Crippen molar-refractivity contribution in [2.75, 3.05) is 4.72 Å². The van der Waals surface area contributed by atoms with Gasteiger partial charge in [0, 0.05) is 17.8 Å². The Bertz CT molecular complexity index is 879. The number of nitro benzene ring substituents is 1. The summed E-state index contributed by atoms with van der Waals surface area (Å²) in [7, 11) is -4.38. The topological polar surface area (TPSA) is 112 Å². The molecule has 0 unspecified atom stereocenters. The molecule has 2 aromatic rings. The average molecular weight is 361 g/mol. The molecular weight excluding hydrogens is 353 g/mol. The molecule has 0 fully saturated rings. The van der Waals surface area contributed by atoms with Gasteiger partial charge in [0.05, 0.1) is 15.4 Å². The molecule has 0 aliphatic carbocycles. The van der Waals surface area contributed by atoms with Gasteiger partial charge in [-0.3, -0.25) is 14.8 Å². The van der Waals surface area contributed by atoms with E-state index < -0.39 is 48.7 Å². The molecule has 0 saturated heterocycles. The maximum atomic E-state index is 12.5. The number of sulfonamides is 1. The number of halogens is 3. The molecule has 0 bridgehead atoms. The summed E-state index contributed by atoms with van der Waals surface area (Å²) < 4.78 is 63.4. The van der Waals surface area contributed by atoms with Crippen LogP contribution in [0.3, 0.4) is 0 Å². The van der Waals surface area contributed by atoms with Crippen molar-refractivity contribution in [3.8, 4) is 5.75 Å². The van der Waals surface area contributed by atoms with Crippen LogP contribution in [0.4, 0.5) is 24.5 Å². The normalized spacial score (nSPS) is 12.0. The highest BCUT2D eigenvalue weighted by Gasteiger charge is 2.30. The fourth-order valence-corrected chi connectivity index (χ4v) is 2.80. The lowest BCUT2D eigenvalue weighted by Gasteiger charge is -2.15. The standard InChI is InChI=1S/C13H9F3N2O5S/c14-13(15,16)8-1-4-10(5-2-8)24(22,23)17-11-7-9(18(20)21)3-6-12(11)19/h1-7,17,19H/p-1. The molecule has 0 aromatic heterocycles. The van der Waals surface area contributed by atoms with Crippen molar-refractivity contribution in [1.29, 1.82) is 0 Å². The van der Waals surface area contributed by atoms with Crippen LogP contribution in [0, 0.1) is 10.1 Å². The van der Waals surface area contributed by atoms with Crippen LogP contribution in [0.2, 0.25) is 0 Å². The van der Waals surface area contributed by atoms with E-state index in [0.29, 0.717) is 24.3 Å². The minimum Gasteiger partial charge on any atom is -0.871 e. The monoisotopic (exact) mass is 361 g/mol. The summed E-state index contributed by atoms with van der Waals surface area (Å²) in [4.78, 5) is 9.30. The quantitative estimate of drug-likeness (QED) is 0.664. The first kappa shape index (κ1) is 17.5. The van der Waals surface area contributed by atoms with Gasteiger partial charge >= 0.3 is 6.18 Å². The minimum atomic E-state index is -4.63. The van der Waals surface area contributed by atoms with Crippen LogP contribution >= 0.6 is 0 Å². The molecule has 11 heteroatoms. The number of hydrogen-bond donors (Lipinski definition) is 1. The van der Waals surface area contributed by atoms with Crippen LogP contribution in [0.5, 0.6) is 5.75 Å². The molecule has 24 heavy (non-hydrogen) atoms. The van der Waals surface area contributed by atoms with Crippen molar-refractivity contribution in [2.24, 2.45) is 0 Å². The highest BCUT2D eigenvalue weighted by molar-refractivity contribution is 7.92. The van der Waals surface area contributed by atoms with Crippen molar-refractivity contribution >= 4 is 21.4 Å². The number of non-ortho nitro benzene ring substituents is 1. The molecular formula is C13H8F3N2O5S-. The van der Waals surface area contributed by atoms with Gasteiger partial charge < -0.3 is 5.11 Å². The maximum Gasteiger partial charge on any atom is 0.416 e. The minimum absolute atomic E-state index is 0.514. The van der Waals surface area contributed by atoms with Gasteiger partial charge in [-0.2, -0.15) is 13.2 Å². The first-order valence-corrected chi connectivity index (χ1v) is 7.64. The highest BCUT2D eigenvalue weighted by Crippen LogP contribution is 2.31. The highest BCUT2D eigenvalue weighted by atomic mass is 32.2. The molecule has 0 amide bonds.